The third-order valence-electron chi connectivity index (χ3n) is 7.88. The highest BCUT2D eigenvalue weighted by Gasteiger charge is 2.40. The minimum atomic E-state index is -0.967. The molecule has 0 atom stereocenters. The van der Waals surface area contributed by atoms with Crippen LogP contribution in [0.3, 0.4) is 0 Å². The summed E-state index contributed by atoms with van der Waals surface area (Å²) >= 11 is 0. The van der Waals surface area contributed by atoms with E-state index in [1.165, 1.54) is 6.07 Å². The highest BCUT2D eigenvalue weighted by atomic mass is 19.1. The van der Waals surface area contributed by atoms with Gasteiger partial charge in [0.15, 0.2) is 0 Å². The average Bonchev–Trinajstić information content (AvgIpc) is 3.77. The maximum Gasteiger partial charge on any atom is 0.134 e. The fourth-order valence-corrected chi connectivity index (χ4v) is 5.32. The van der Waals surface area contributed by atoms with Gasteiger partial charge in [-0.25, -0.2) is 4.39 Å². The first kappa shape index (κ1) is 24.7. The quantitative estimate of drug-likeness (QED) is 0.248. The number of aryl methyl sites for hydroxylation is 1. The standard InChI is InChI=1S/C34H33FO3/c1-23-17-29(31(35)20-32(23)37-21-24-9-4-2-5-10-24)28-18-27(26-13-14-26)33(19-30(28)34(36)15-8-16-34)38-22-25-11-6-3-7-12-25/h2-7,9-12,17-20,26,36H,8,13-16,21-22H2,1H3. The van der Waals surface area contributed by atoms with Crippen LogP contribution in [-0.4, -0.2) is 5.11 Å². The lowest BCUT2D eigenvalue weighted by molar-refractivity contribution is -0.0384. The number of aliphatic hydroxyl groups is 1. The molecule has 0 unspecified atom stereocenters. The smallest absolute Gasteiger partial charge is 0.134 e. The van der Waals surface area contributed by atoms with Crippen molar-refractivity contribution in [2.24, 2.45) is 0 Å². The van der Waals surface area contributed by atoms with Crippen LogP contribution in [0.1, 0.15) is 65.8 Å². The molecule has 4 heteroatoms. The first-order valence-electron chi connectivity index (χ1n) is 13.5. The van der Waals surface area contributed by atoms with Gasteiger partial charge in [-0.05, 0) is 96.5 Å². The van der Waals surface area contributed by atoms with Gasteiger partial charge in [0.25, 0.3) is 0 Å². The third-order valence-corrected chi connectivity index (χ3v) is 7.88. The van der Waals surface area contributed by atoms with Crippen molar-refractivity contribution in [3.63, 3.8) is 0 Å². The van der Waals surface area contributed by atoms with E-state index in [1.54, 1.807) is 0 Å². The zero-order valence-corrected chi connectivity index (χ0v) is 21.8. The summed E-state index contributed by atoms with van der Waals surface area (Å²) in [5.41, 5.74) is 5.14. The van der Waals surface area contributed by atoms with Gasteiger partial charge in [0.2, 0.25) is 0 Å². The Morgan fingerprint density at radius 1 is 0.789 bits per heavy atom. The van der Waals surface area contributed by atoms with Gasteiger partial charge in [-0.3, -0.25) is 0 Å². The van der Waals surface area contributed by atoms with Gasteiger partial charge in [-0.1, -0.05) is 60.7 Å². The molecule has 4 aromatic rings. The summed E-state index contributed by atoms with van der Waals surface area (Å²) in [7, 11) is 0. The second kappa shape index (κ2) is 10.3. The fourth-order valence-electron chi connectivity index (χ4n) is 5.32. The Morgan fingerprint density at radius 3 is 1.95 bits per heavy atom. The Hall–Kier alpha value is -3.63. The van der Waals surface area contributed by atoms with Crippen molar-refractivity contribution in [3.8, 4) is 22.6 Å². The Labute approximate surface area is 223 Å². The van der Waals surface area contributed by atoms with Crippen molar-refractivity contribution in [2.75, 3.05) is 0 Å². The molecule has 0 bridgehead atoms. The maximum atomic E-state index is 15.8. The summed E-state index contributed by atoms with van der Waals surface area (Å²) in [5.74, 6) is 1.39. The van der Waals surface area contributed by atoms with Crippen LogP contribution in [0.5, 0.6) is 11.5 Å². The van der Waals surface area contributed by atoms with Gasteiger partial charge in [0, 0.05) is 11.6 Å². The predicted molar refractivity (Wildman–Crippen MR) is 148 cm³/mol. The molecule has 0 saturated heterocycles. The minimum Gasteiger partial charge on any atom is -0.489 e. The molecule has 3 nitrogen and oxygen atoms in total. The molecule has 0 radical (unpaired) electrons. The number of hydrogen-bond acceptors (Lipinski definition) is 3. The van der Waals surface area contributed by atoms with E-state index in [0.717, 1.165) is 58.4 Å². The molecule has 0 spiro atoms. The van der Waals surface area contributed by atoms with E-state index < -0.39 is 5.60 Å². The molecular formula is C34H33FO3. The lowest BCUT2D eigenvalue weighted by atomic mass is 9.72. The van der Waals surface area contributed by atoms with Crippen LogP contribution in [0.2, 0.25) is 0 Å². The lowest BCUT2D eigenvalue weighted by Gasteiger charge is -2.39. The highest BCUT2D eigenvalue weighted by Crippen LogP contribution is 2.52. The lowest BCUT2D eigenvalue weighted by Crippen LogP contribution is -2.34. The number of halogens is 1. The number of rotatable bonds is 9. The van der Waals surface area contributed by atoms with E-state index in [0.29, 0.717) is 43.3 Å². The van der Waals surface area contributed by atoms with E-state index in [9.17, 15) is 5.11 Å². The van der Waals surface area contributed by atoms with Gasteiger partial charge < -0.3 is 14.6 Å². The summed E-state index contributed by atoms with van der Waals surface area (Å²) in [6.45, 7) is 2.78. The van der Waals surface area contributed by atoms with E-state index >= 15 is 4.39 Å². The van der Waals surface area contributed by atoms with Crippen LogP contribution in [-0.2, 0) is 18.8 Å². The van der Waals surface area contributed by atoms with Crippen LogP contribution < -0.4 is 9.47 Å². The second-order valence-corrected chi connectivity index (χ2v) is 10.7. The molecule has 2 fully saturated rings. The van der Waals surface area contributed by atoms with Crippen LogP contribution in [0, 0.1) is 12.7 Å². The van der Waals surface area contributed by atoms with Gasteiger partial charge in [0.1, 0.15) is 30.5 Å². The number of ether oxygens (including phenoxy) is 2. The molecule has 4 aromatic carbocycles. The zero-order chi connectivity index (χ0) is 26.1. The van der Waals surface area contributed by atoms with Crippen LogP contribution in [0.15, 0.2) is 84.9 Å². The van der Waals surface area contributed by atoms with Crippen LogP contribution in [0.25, 0.3) is 11.1 Å². The van der Waals surface area contributed by atoms with Crippen molar-refractivity contribution in [3.05, 3.63) is 119 Å². The van der Waals surface area contributed by atoms with Gasteiger partial charge in [0.05, 0.1) is 5.60 Å². The predicted octanol–water partition coefficient (Wildman–Crippen LogP) is 8.21. The highest BCUT2D eigenvalue weighted by molar-refractivity contribution is 5.74. The van der Waals surface area contributed by atoms with Gasteiger partial charge in [-0.2, -0.15) is 0 Å². The monoisotopic (exact) mass is 508 g/mol. The van der Waals surface area contributed by atoms with E-state index in [2.05, 4.69) is 6.07 Å². The van der Waals surface area contributed by atoms with E-state index in [-0.39, 0.29) is 5.82 Å². The average molecular weight is 509 g/mol. The van der Waals surface area contributed by atoms with Crippen LogP contribution >= 0.6 is 0 Å². The molecule has 1 N–H and O–H groups in total. The summed E-state index contributed by atoms with van der Waals surface area (Å²) in [4.78, 5) is 0. The Morgan fingerprint density at radius 2 is 1.39 bits per heavy atom. The molecule has 0 aromatic heterocycles. The largest absolute Gasteiger partial charge is 0.489 e. The molecule has 0 aliphatic heterocycles. The van der Waals surface area contributed by atoms with E-state index in [1.807, 2.05) is 79.7 Å². The number of benzene rings is 4. The molecule has 2 aliphatic rings. The normalized spacial score (nSPS) is 16.1. The fraction of sp³-hybridized carbons (Fsp3) is 0.294. The molecule has 38 heavy (non-hydrogen) atoms. The summed E-state index contributed by atoms with van der Waals surface area (Å²) in [5, 5.41) is 11.5. The van der Waals surface area contributed by atoms with Crippen molar-refractivity contribution in [1.29, 1.82) is 0 Å². The van der Waals surface area contributed by atoms with Crippen molar-refractivity contribution < 1.29 is 19.0 Å². The zero-order valence-electron chi connectivity index (χ0n) is 21.8. The van der Waals surface area contributed by atoms with Crippen LogP contribution in [0.4, 0.5) is 4.39 Å². The Balaban J connectivity index is 1.37. The molecule has 0 heterocycles. The maximum absolute atomic E-state index is 15.8. The second-order valence-electron chi connectivity index (χ2n) is 10.7. The van der Waals surface area contributed by atoms with Crippen molar-refractivity contribution in [1.82, 2.24) is 0 Å². The molecule has 2 aliphatic carbocycles. The summed E-state index contributed by atoms with van der Waals surface area (Å²) in [6.07, 6.45) is 4.48. The van der Waals surface area contributed by atoms with Crippen molar-refractivity contribution in [2.45, 2.75) is 63.8 Å². The van der Waals surface area contributed by atoms with Crippen molar-refractivity contribution >= 4 is 0 Å². The molecular weight excluding hydrogens is 475 g/mol. The Kier molecular flexibility index (Phi) is 6.67. The summed E-state index contributed by atoms with van der Waals surface area (Å²) in [6, 6.07) is 27.4. The van der Waals surface area contributed by atoms with E-state index in [4.69, 9.17) is 9.47 Å². The minimum absolute atomic E-state index is 0.345. The SMILES string of the molecule is Cc1cc(-c2cc(C3CC3)c(OCc3ccccc3)cc2C2(O)CCC2)c(F)cc1OCc1ccccc1. The molecule has 194 valence electrons. The van der Waals surface area contributed by atoms with Gasteiger partial charge >= 0.3 is 0 Å². The topological polar surface area (TPSA) is 38.7 Å². The molecule has 0 amide bonds. The molecule has 6 rings (SSSR count). The molecule has 2 saturated carbocycles. The van der Waals surface area contributed by atoms with Gasteiger partial charge in [-0.15, -0.1) is 0 Å². The Bertz CT molecular complexity index is 1420. The third kappa shape index (κ3) is 5.06. The first-order valence-corrected chi connectivity index (χ1v) is 13.5. The summed E-state index contributed by atoms with van der Waals surface area (Å²) < 4.78 is 28.1. The number of hydrogen-bond donors (Lipinski definition) is 1. The first-order chi connectivity index (χ1) is 18.5.